The van der Waals surface area contributed by atoms with E-state index < -0.39 is 0 Å². The van der Waals surface area contributed by atoms with Crippen LogP contribution in [0, 0.1) is 0 Å². The van der Waals surface area contributed by atoms with Crippen LogP contribution < -0.4 is 5.32 Å². The average molecular weight is 421 g/mol. The number of benzene rings is 1. The smallest absolute Gasteiger partial charge is 0.305 e. The Balaban J connectivity index is 1.70. The molecule has 0 spiro atoms. The predicted octanol–water partition coefficient (Wildman–Crippen LogP) is 3.80. The highest BCUT2D eigenvalue weighted by Gasteiger charge is 2.41. The van der Waals surface area contributed by atoms with Gasteiger partial charge in [0.15, 0.2) is 5.11 Å². The molecular formula is C23H24N4O2S. The van der Waals surface area contributed by atoms with Crippen LogP contribution in [0.3, 0.4) is 0 Å². The minimum absolute atomic E-state index is 0.0553. The molecule has 4 rings (SSSR count). The zero-order chi connectivity index (χ0) is 20.9. The lowest BCUT2D eigenvalue weighted by Crippen LogP contribution is -2.31. The third-order valence-corrected chi connectivity index (χ3v) is 5.68. The van der Waals surface area contributed by atoms with Crippen molar-refractivity contribution in [1.29, 1.82) is 0 Å². The number of methoxy groups -OCH3 is 1. The molecule has 2 aromatic heterocycles. The predicted molar refractivity (Wildman–Crippen MR) is 119 cm³/mol. The Labute approximate surface area is 181 Å². The summed E-state index contributed by atoms with van der Waals surface area (Å²) in [6.07, 6.45) is 4.88. The summed E-state index contributed by atoms with van der Waals surface area (Å²) in [5.74, 6) is -0.210. The van der Waals surface area contributed by atoms with Gasteiger partial charge in [-0.3, -0.25) is 9.78 Å². The van der Waals surface area contributed by atoms with Gasteiger partial charge in [0.2, 0.25) is 0 Å². The molecule has 0 amide bonds. The molecule has 1 N–H and O–H groups in total. The van der Waals surface area contributed by atoms with Crippen LogP contribution in [0.25, 0.3) is 5.69 Å². The van der Waals surface area contributed by atoms with Gasteiger partial charge in [-0.05, 0) is 55.0 Å². The van der Waals surface area contributed by atoms with E-state index in [4.69, 9.17) is 17.0 Å². The second kappa shape index (κ2) is 9.09. The molecule has 154 valence electrons. The van der Waals surface area contributed by atoms with E-state index in [1.54, 1.807) is 6.20 Å². The normalized spacial score (nSPS) is 18.3. The third kappa shape index (κ3) is 4.07. The Morgan fingerprint density at radius 3 is 2.67 bits per heavy atom. The monoisotopic (exact) mass is 420 g/mol. The lowest BCUT2D eigenvalue weighted by molar-refractivity contribution is -0.140. The fraction of sp³-hybridized carbons (Fsp3) is 0.261. The van der Waals surface area contributed by atoms with E-state index in [0.717, 1.165) is 17.1 Å². The van der Waals surface area contributed by atoms with Crippen molar-refractivity contribution >= 4 is 23.3 Å². The SMILES string of the molecule is COC(=O)CCCN1C(=S)N[C@@H](c2ccccn2)[C@H]1c1cccn1-c1ccccc1. The Hall–Kier alpha value is -3.19. The Kier molecular flexibility index (Phi) is 6.09. The van der Waals surface area contributed by atoms with Crippen LogP contribution in [0.15, 0.2) is 73.1 Å². The largest absolute Gasteiger partial charge is 0.469 e. The standard InChI is InChI=1S/C23H24N4O2S/c1-29-20(28)13-8-16-27-22(21(25-23(27)30)18-11-5-6-14-24-18)19-12-7-15-26(19)17-9-3-2-4-10-17/h2-7,9-12,14-15,21-22H,8,13,16H2,1H3,(H,25,30)/t21-,22+/m0/s1. The lowest BCUT2D eigenvalue weighted by atomic mass is 10.0. The van der Waals surface area contributed by atoms with Crippen LogP contribution in [0.5, 0.6) is 0 Å². The summed E-state index contributed by atoms with van der Waals surface area (Å²) in [6.45, 7) is 0.648. The highest BCUT2D eigenvalue weighted by molar-refractivity contribution is 7.80. The van der Waals surface area contributed by atoms with E-state index >= 15 is 0 Å². The molecular weight excluding hydrogens is 396 g/mol. The van der Waals surface area contributed by atoms with E-state index in [1.165, 1.54) is 7.11 Å². The number of nitrogens with zero attached hydrogens (tertiary/aromatic N) is 3. The van der Waals surface area contributed by atoms with Crippen molar-refractivity contribution in [3.63, 3.8) is 0 Å². The second-order valence-corrected chi connectivity index (χ2v) is 7.52. The number of pyridine rings is 1. The van der Waals surface area contributed by atoms with Crippen molar-refractivity contribution in [2.45, 2.75) is 24.9 Å². The first kappa shape index (κ1) is 20.1. The molecule has 0 radical (unpaired) electrons. The first-order chi connectivity index (χ1) is 14.7. The zero-order valence-electron chi connectivity index (χ0n) is 16.8. The summed E-state index contributed by atoms with van der Waals surface area (Å²) in [7, 11) is 1.41. The number of carbonyl (C=O) groups excluding carboxylic acids is 1. The number of aromatic nitrogens is 2. The molecule has 7 heteroatoms. The highest BCUT2D eigenvalue weighted by atomic mass is 32.1. The van der Waals surface area contributed by atoms with Crippen LogP contribution in [-0.2, 0) is 9.53 Å². The molecule has 1 aromatic carbocycles. The van der Waals surface area contributed by atoms with Gasteiger partial charge in [-0.1, -0.05) is 24.3 Å². The topological polar surface area (TPSA) is 59.4 Å². The number of esters is 1. The second-order valence-electron chi connectivity index (χ2n) is 7.14. The van der Waals surface area contributed by atoms with Gasteiger partial charge in [0.05, 0.1) is 24.9 Å². The van der Waals surface area contributed by atoms with Crippen LogP contribution in [0.1, 0.15) is 36.3 Å². The summed E-state index contributed by atoms with van der Waals surface area (Å²) >= 11 is 5.70. The van der Waals surface area contributed by atoms with E-state index in [1.807, 2.05) is 42.5 Å². The van der Waals surface area contributed by atoms with Crippen molar-refractivity contribution < 1.29 is 9.53 Å². The molecule has 3 heterocycles. The fourth-order valence-electron chi connectivity index (χ4n) is 3.92. The number of hydrogen-bond acceptors (Lipinski definition) is 4. The quantitative estimate of drug-likeness (QED) is 0.464. The third-order valence-electron chi connectivity index (χ3n) is 5.32. The summed E-state index contributed by atoms with van der Waals surface area (Å²) < 4.78 is 6.97. The van der Waals surface area contributed by atoms with Crippen LogP contribution in [-0.4, -0.2) is 39.2 Å². The van der Waals surface area contributed by atoms with Gasteiger partial charge < -0.3 is 19.5 Å². The Morgan fingerprint density at radius 2 is 1.93 bits per heavy atom. The maximum absolute atomic E-state index is 11.6. The number of ether oxygens (including phenoxy) is 1. The molecule has 2 atom stereocenters. The van der Waals surface area contributed by atoms with Crippen molar-refractivity contribution in [2.24, 2.45) is 0 Å². The van der Waals surface area contributed by atoms with E-state index in [2.05, 4.69) is 44.2 Å². The van der Waals surface area contributed by atoms with Gasteiger partial charge in [-0.15, -0.1) is 0 Å². The van der Waals surface area contributed by atoms with Gasteiger partial charge >= 0.3 is 5.97 Å². The van der Waals surface area contributed by atoms with Gasteiger partial charge in [-0.2, -0.15) is 0 Å². The molecule has 1 aliphatic rings. The Bertz CT molecular complexity index is 1010. The molecule has 0 unspecified atom stereocenters. The van der Waals surface area contributed by atoms with Crippen LogP contribution in [0.2, 0.25) is 0 Å². The van der Waals surface area contributed by atoms with Crippen molar-refractivity contribution in [1.82, 2.24) is 19.8 Å². The molecule has 0 bridgehead atoms. The number of rotatable bonds is 7. The first-order valence-electron chi connectivity index (χ1n) is 9.96. The molecule has 30 heavy (non-hydrogen) atoms. The van der Waals surface area contributed by atoms with Crippen molar-refractivity contribution in [3.8, 4) is 5.69 Å². The summed E-state index contributed by atoms with van der Waals surface area (Å²) in [4.78, 5) is 18.3. The number of nitrogens with one attached hydrogen (secondary N) is 1. The van der Waals surface area contributed by atoms with Crippen LogP contribution in [0.4, 0.5) is 0 Å². The summed E-state index contributed by atoms with van der Waals surface area (Å²) in [6, 6.07) is 20.2. The van der Waals surface area contributed by atoms with E-state index in [0.29, 0.717) is 24.5 Å². The van der Waals surface area contributed by atoms with Crippen LogP contribution >= 0.6 is 12.2 Å². The van der Waals surface area contributed by atoms with Crippen molar-refractivity contribution in [3.05, 3.63) is 84.4 Å². The van der Waals surface area contributed by atoms with Gasteiger partial charge in [0, 0.05) is 36.7 Å². The fourth-order valence-corrected chi connectivity index (χ4v) is 4.25. The molecule has 6 nitrogen and oxygen atoms in total. The van der Waals surface area contributed by atoms with E-state index in [9.17, 15) is 4.79 Å². The molecule has 1 fully saturated rings. The van der Waals surface area contributed by atoms with Crippen molar-refractivity contribution in [2.75, 3.05) is 13.7 Å². The summed E-state index contributed by atoms with van der Waals surface area (Å²) in [5.41, 5.74) is 3.13. The molecule has 1 saturated heterocycles. The van der Waals surface area contributed by atoms with Gasteiger partial charge in [0.1, 0.15) is 0 Å². The van der Waals surface area contributed by atoms with E-state index in [-0.39, 0.29) is 18.1 Å². The Morgan fingerprint density at radius 1 is 1.13 bits per heavy atom. The number of para-hydroxylation sites is 1. The lowest BCUT2D eigenvalue weighted by Gasteiger charge is -2.29. The molecule has 1 aliphatic heterocycles. The minimum Gasteiger partial charge on any atom is -0.469 e. The number of carbonyl (C=O) groups is 1. The minimum atomic E-state index is -0.210. The average Bonchev–Trinajstić information content (AvgIpc) is 3.39. The zero-order valence-corrected chi connectivity index (χ0v) is 17.6. The van der Waals surface area contributed by atoms with Gasteiger partial charge in [-0.25, -0.2) is 0 Å². The first-order valence-corrected chi connectivity index (χ1v) is 10.4. The number of thiocarbonyl (C=S) groups is 1. The maximum Gasteiger partial charge on any atom is 0.305 e. The molecule has 0 aliphatic carbocycles. The molecule has 0 saturated carbocycles. The number of hydrogen-bond donors (Lipinski definition) is 1. The summed E-state index contributed by atoms with van der Waals surface area (Å²) in [5, 5.41) is 4.12. The molecule has 3 aromatic rings. The highest BCUT2D eigenvalue weighted by Crippen LogP contribution is 2.39. The maximum atomic E-state index is 11.6. The van der Waals surface area contributed by atoms with Gasteiger partial charge in [0.25, 0.3) is 0 Å².